The van der Waals surface area contributed by atoms with Crippen molar-refractivity contribution < 1.29 is 33.0 Å². The molecule has 2 unspecified atom stereocenters. The molecule has 2 atom stereocenters. The van der Waals surface area contributed by atoms with Gasteiger partial charge in [-0.3, -0.25) is 9.59 Å². The molecule has 0 saturated carbocycles. The molecule has 1 aromatic rings. The number of benzene rings is 1. The first kappa shape index (κ1) is 18.0. The third-order valence-electron chi connectivity index (χ3n) is 3.77. The van der Waals surface area contributed by atoms with Gasteiger partial charge in [-0.1, -0.05) is 12.2 Å². The predicted octanol–water partition coefficient (Wildman–Crippen LogP) is 0.800. The summed E-state index contributed by atoms with van der Waals surface area (Å²) in [7, 11) is -2.76. The maximum Gasteiger partial charge on any atom is 0.322 e. The highest BCUT2D eigenvalue weighted by molar-refractivity contribution is 7.89. The number of allylic oxidation sites excluding steroid dienone is 1. The molecule has 0 aromatic heterocycles. The van der Waals surface area contributed by atoms with Gasteiger partial charge in [0, 0.05) is 6.54 Å². The van der Waals surface area contributed by atoms with Gasteiger partial charge in [-0.2, -0.15) is 4.31 Å². The number of aliphatic carboxylic acids is 2. The van der Waals surface area contributed by atoms with Gasteiger partial charge in [-0.25, -0.2) is 8.42 Å². The van der Waals surface area contributed by atoms with Gasteiger partial charge in [0.05, 0.1) is 17.9 Å². The molecule has 0 aliphatic carbocycles. The van der Waals surface area contributed by atoms with Crippen LogP contribution in [-0.4, -0.2) is 54.6 Å². The predicted molar refractivity (Wildman–Crippen MR) is 83.2 cm³/mol. The summed E-state index contributed by atoms with van der Waals surface area (Å²) in [4.78, 5) is 22.8. The number of hydrogen-bond acceptors (Lipinski definition) is 5. The lowest BCUT2D eigenvalue weighted by Gasteiger charge is -2.29. The molecule has 2 N–H and O–H groups in total. The van der Waals surface area contributed by atoms with E-state index in [-0.39, 0.29) is 17.9 Å². The van der Waals surface area contributed by atoms with Crippen LogP contribution in [0.3, 0.4) is 0 Å². The third kappa shape index (κ3) is 3.41. The second kappa shape index (κ2) is 7.02. The van der Waals surface area contributed by atoms with E-state index in [9.17, 15) is 28.2 Å². The normalized spacial score (nSPS) is 21.9. The van der Waals surface area contributed by atoms with Gasteiger partial charge in [0.2, 0.25) is 10.0 Å². The molecule has 24 heavy (non-hydrogen) atoms. The van der Waals surface area contributed by atoms with Crippen molar-refractivity contribution >= 4 is 22.0 Å². The van der Waals surface area contributed by atoms with Crippen LogP contribution in [0.25, 0.3) is 0 Å². The summed E-state index contributed by atoms with van der Waals surface area (Å²) in [5.41, 5.74) is 0. The maximum atomic E-state index is 12.8. The van der Waals surface area contributed by atoms with Crippen molar-refractivity contribution in [2.24, 2.45) is 5.92 Å². The van der Waals surface area contributed by atoms with Crippen LogP contribution in [-0.2, 0) is 19.6 Å². The van der Waals surface area contributed by atoms with Crippen LogP contribution in [0.15, 0.2) is 41.3 Å². The van der Waals surface area contributed by atoms with Crippen LogP contribution in [0, 0.1) is 5.92 Å². The van der Waals surface area contributed by atoms with Crippen LogP contribution < -0.4 is 4.74 Å². The zero-order valence-corrected chi connectivity index (χ0v) is 13.6. The largest absolute Gasteiger partial charge is 0.497 e. The molecule has 1 aliphatic rings. The Morgan fingerprint density at radius 3 is 2.25 bits per heavy atom. The van der Waals surface area contributed by atoms with Crippen LogP contribution in [0.1, 0.15) is 6.42 Å². The molecule has 0 bridgehead atoms. The average Bonchev–Trinajstić information content (AvgIpc) is 2.78. The van der Waals surface area contributed by atoms with E-state index >= 15 is 0 Å². The van der Waals surface area contributed by atoms with Crippen molar-refractivity contribution in [1.82, 2.24) is 4.31 Å². The van der Waals surface area contributed by atoms with Crippen molar-refractivity contribution in [2.75, 3.05) is 13.7 Å². The fourth-order valence-electron chi connectivity index (χ4n) is 2.53. The highest BCUT2D eigenvalue weighted by atomic mass is 32.2. The lowest BCUT2D eigenvalue weighted by atomic mass is 9.97. The Labute approximate surface area is 139 Å². The Morgan fingerprint density at radius 1 is 1.12 bits per heavy atom. The van der Waals surface area contributed by atoms with Crippen molar-refractivity contribution in [3.8, 4) is 5.75 Å². The molecule has 1 aromatic carbocycles. The maximum absolute atomic E-state index is 12.8. The molecule has 130 valence electrons. The first-order valence-electron chi connectivity index (χ1n) is 7.05. The van der Waals surface area contributed by atoms with E-state index in [0.717, 1.165) is 0 Å². The molecular weight excluding hydrogens is 338 g/mol. The van der Waals surface area contributed by atoms with E-state index in [1.54, 1.807) is 0 Å². The fraction of sp³-hybridized carbons (Fsp3) is 0.333. The molecule has 0 fully saturated rings. The van der Waals surface area contributed by atoms with Crippen molar-refractivity contribution in [1.29, 1.82) is 0 Å². The smallest absolute Gasteiger partial charge is 0.322 e. The second-order valence-electron chi connectivity index (χ2n) is 5.19. The molecule has 0 radical (unpaired) electrons. The number of hydrogen-bond donors (Lipinski definition) is 2. The zero-order chi connectivity index (χ0) is 17.9. The number of sulfonamides is 1. The Hall–Kier alpha value is -2.39. The van der Waals surface area contributed by atoms with Gasteiger partial charge >= 0.3 is 11.9 Å². The van der Waals surface area contributed by atoms with Gasteiger partial charge in [0.1, 0.15) is 11.8 Å². The van der Waals surface area contributed by atoms with Gasteiger partial charge < -0.3 is 14.9 Å². The third-order valence-corrected chi connectivity index (χ3v) is 5.63. The first-order chi connectivity index (χ1) is 11.3. The number of methoxy groups -OCH3 is 1. The van der Waals surface area contributed by atoms with Crippen LogP contribution in [0.5, 0.6) is 5.75 Å². The number of ether oxygens (including phenoxy) is 1. The fourth-order valence-corrected chi connectivity index (χ4v) is 4.10. The summed E-state index contributed by atoms with van der Waals surface area (Å²) < 4.78 is 31.3. The van der Waals surface area contributed by atoms with E-state index in [2.05, 4.69) is 0 Å². The lowest BCUT2D eigenvalue weighted by Crippen LogP contribution is -2.50. The summed E-state index contributed by atoms with van der Waals surface area (Å²) >= 11 is 0. The van der Waals surface area contributed by atoms with Crippen molar-refractivity contribution in [3.63, 3.8) is 0 Å². The molecule has 0 saturated heterocycles. The highest BCUT2D eigenvalue weighted by Crippen LogP contribution is 2.27. The Balaban J connectivity index is 2.49. The number of rotatable bonds is 5. The summed E-state index contributed by atoms with van der Waals surface area (Å²) in [5.74, 6) is -3.77. The topological polar surface area (TPSA) is 121 Å². The standard InChI is InChI=1S/C15H17NO7S/c1-23-10-5-7-11(8-6-10)24(21,22)16-9-3-2-4-12(14(17)18)13(16)15(19)20/h2-3,5-8,12-13H,4,9H2,1H3,(H,17,18)(H,19,20). The van der Waals surface area contributed by atoms with Crippen LogP contribution in [0.2, 0.25) is 0 Å². The summed E-state index contributed by atoms with van der Waals surface area (Å²) in [6.45, 7) is -0.213. The molecule has 2 rings (SSSR count). The van der Waals surface area contributed by atoms with Gasteiger partial charge in [0.15, 0.2) is 0 Å². The van der Waals surface area contributed by atoms with Gasteiger partial charge in [-0.05, 0) is 30.7 Å². The van der Waals surface area contributed by atoms with E-state index < -0.39 is 33.9 Å². The van der Waals surface area contributed by atoms with Crippen LogP contribution in [0.4, 0.5) is 0 Å². The molecule has 1 heterocycles. The van der Waals surface area contributed by atoms with Crippen molar-refractivity contribution in [3.05, 3.63) is 36.4 Å². The molecule has 9 heteroatoms. The Bertz CT molecular complexity index is 755. The zero-order valence-electron chi connectivity index (χ0n) is 12.8. The number of carboxylic acids is 2. The second-order valence-corrected chi connectivity index (χ2v) is 7.08. The monoisotopic (exact) mass is 355 g/mol. The SMILES string of the molecule is COc1ccc(S(=O)(=O)N2CC=CCC(C(=O)O)C2C(=O)O)cc1. The number of nitrogens with zero attached hydrogens (tertiary/aromatic N) is 1. The molecular formula is C15H17NO7S. The lowest BCUT2D eigenvalue weighted by molar-refractivity contribution is -0.152. The molecule has 1 aliphatic heterocycles. The Kier molecular flexibility index (Phi) is 5.25. The minimum Gasteiger partial charge on any atom is -0.497 e. The number of carbonyl (C=O) groups is 2. The first-order valence-corrected chi connectivity index (χ1v) is 8.49. The Morgan fingerprint density at radius 2 is 1.75 bits per heavy atom. The van der Waals surface area contributed by atoms with E-state index in [1.807, 2.05) is 0 Å². The molecule has 0 amide bonds. The van der Waals surface area contributed by atoms with Gasteiger partial charge in [-0.15, -0.1) is 0 Å². The van der Waals surface area contributed by atoms with Crippen molar-refractivity contribution in [2.45, 2.75) is 17.4 Å². The quantitative estimate of drug-likeness (QED) is 0.749. The van der Waals surface area contributed by atoms with E-state index in [1.165, 1.54) is 43.5 Å². The summed E-state index contributed by atoms with van der Waals surface area (Å²) in [6, 6.07) is 3.76. The van der Waals surface area contributed by atoms with Gasteiger partial charge in [0.25, 0.3) is 0 Å². The van der Waals surface area contributed by atoms with Crippen LogP contribution >= 0.6 is 0 Å². The highest BCUT2D eigenvalue weighted by Gasteiger charge is 2.44. The summed E-state index contributed by atoms with van der Waals surface area (Å²) in [6.07, 6.45) is 2.89. The average molecular weight is 355 g/mol. The summed E-state index contributed by atoms with van der Waals surface area (Å²) in [5, 5.41) is 18.7. The number of carboxylic acid groups (broad SMARTS) is 2. The van der Waals surface area contributed by atoms with E-state index in [4.69, 9.17) is 4.74 Å². The minimum atomic E-state index is -4.19. The van der Waals surface area contributed by atoms with E-state index in [0.29, 0.717) is 10.1 Å². The minimum absolute atomic E-state index is 0.0546. The molecule has 8 nitrogen and oxygen atoms in total. The molecule has 0 spiro atoms.